The summed E-state index contributed by atoms with van der Waals surface area (Å²) in [6, 6.07) is 7.14. The van der Waals surface area contributed by atoms with Crippen LogP contribution < -0.4 is 11.1 Å². The van der Waals surface area contributed by atoms with Crippen LogP contribution in [0.1, 0.15) is 19.8 Å². The Morgan fingerprint density at radius 1 is 1.48 bits per heavy atom. The topological polar surface area (TPSA) is 72.9 Å². The van der Waals surface area contributed by atoms with E-state index in [0.717, 1.165) is 12.8 Å². The number of benzene rings is 1. The van der Waals surface area contributed by atoms with Crippen LogP contribution in [0.15, 0.2) is 36.7 Å². The third kappa shape index (κ3) is 2.66. The van der Waals surface area contributed by atoms with Gasteiger partial charge in [0.15, 0.2) is 0 Å². The number of para-hydroxylation sites is 1. The Morgan fingerprint density at radius 3 is 2.86 bits per heavy atom. The molecule has 1 aliphatic rings. The van der Waals surface area contributed by atoms with Crippen LogP contribution >= 0.6 is 11.6 Å². The molecule has 0 bridgehead atoms. The zero-order valence-corrected chi connectivity index (χ0v) is 12.5. The van der Waals surface area contributed by atoms with Gasteiger partial charge in [0.25, 0.3) is 0 Å². The first-order valence-corrected chi connectivity index (χ1v) is 7.27. The van der Waals surface area contributed by atoms with Gasteiger partial charge < -0.3 is 11.1 Å². The molecule has 1 unspecified atom stereocenters. The number of nitrogens with two attached hydrogens (primary N) is 1. The highest BCUT2D eigenvalue weighted by Gasteiger charge is 2.44. The first kappa shape index (κ1) is 14.1. The monoisotopic (exact) mass is 304 g/mol. The number of aromatic nitrogens is 2. The minimum atomic E-state index is -0.857. The van der Waals surface area contributed by atoms with Gasteiger partial charge in [-0.2, -0.15) is 5.10 Å². The number of rotatable bonds is 4. The van der Waals surface area contributed by atoms with Gasteiger partial charge in [0.05, 0.1) is 16.2 Å². The second-order valence-electron chi connectivity index (χ2n) is 5.60. The van der Waals surface area contributed by atoms with E-state index in [2.05, 4.69) is 10.4 Å². The lowest BCUT2D eigenvalue weighted by atomic mass is 9.96. The molecule has 2 aromatic rings. The maximum Gasteiger partial charge on any atom is 0.244 e. The van der Waals surface area contributed by atoms with Crippen molar-refractivity contribution in [2.45, 2.75) is 25.3 Å². The molecule has 1 aliphatic carbocycles. The summed E-state index contributed by atoms with van der Waals surface area (Å²) in [7, 11) is 0. The minimum Gasteiger partial charge on any atom is -0.323 e. The Labute approximate surface area is 128 Å². The molecule has 110 valence electrons. The Morgan fingerprint density at radius 2 is 2.24 bits per heavy atom. The summed E-state index contributed by atoms with van der Waals surface area (Å²) in [5.41, 5.74) is 6.54. The lowest BCUT2D eigenvalue weighted by molar-refractivity contribution is -0.121. The number of carbonyl (C=O) groups is 1. The average Bonchev–Trinajstić information content (AvgIpc) is 3.17. The zero-order valence-electron chi connectivity index (χ0n) is 11.7. The van der Waals surface area contributed by atoms with Gasteiger partial charge in [-0.15, -0.1) is 0 Å². The van der Waals surface area contributed by atoms with Crippen LogP contribution in [0.2, 0.25) is 5.02 Å². The molecule has 1 saturated carbocycles. The number of amides is 1. The van der Waals surface area contributed by atoms with Crippen molar-refractivity contribution in [2.75, 3.05) is 5.32 Å². The van der Waals surface area contributed by atoms with Crippen molar-refractivity contribution < 1.29 is 4.79 Å². The fourth-order valence-corrected chi connectivity index (χ4v) is 2.64. The SMILES string of the molecule is CC(N)(C(=O)Nc1cccc(Cl)c1-n1cccn1)C1CC1. The fourth-order valence-electron chi connectivity index (χ4n) is 2.38. The quantitative estimate of drug-likeness (QED) is 0.912. The Hall–Kier alpha value is -1.85. The minimum absolute atomic E-state index is 0.194. The predicted octanol–water partition coefficient (Wildman–Crippen LogP) is 2.59. The van der Waals surface area contributed by atoms with Gasteiger partial charge in [-0.05, 0) is 43.9 Å². The summed E-state index contributed by atoms with van der Waals surface area (Å²) in [6.45, 7) is 1.78. The normalized spacial score (nSPS) is 17.3. The summed E-state index contributed by atoms with van der Waals surface area (Å²) >= 11 is 6.25. The summed E-state index contributed by atoms with van der Waals surface area (Å²) < 4.78 is 1.63. The van der Waals surface area contributed by atoms with Gasteiger partial charge in [-0.3, -0.25) is 4.79 Å². The molecule has 1 fully saturated rings. The Bertz CT molecular complexity index is 662. The van der Waals surface area contributed by atoms with E-state index in [9.17, 15) is 4.79 Å². The van der Waals surface area contributed by atoms with Crippen molar-refractivity contribution in [1.29, 1.82) is 0 Å². The molecule has 0 saturated heterocycles. The molecule has 0 radical (unpaired) electrons. The number of nitrogens with zero attached hydrogens (tertiary/aromatic N) is 2. The second-order valence-corrected chi connectivity index (χ2v) is 6.00. The number of anilines is 1. The van der Waals surface area contributed by atoms with Crippen molar-refractivity contribution in [3.8, 4) is 5.69 Å². The van der Waals surface area contributed by atoms with Gasteiger partial charge in [0.1, 0.15) is 5.69 Å². The summed E-state index contributed by atoms with van der Waals surface area (Å²) in [5, 5.41) is 7.58. The molecule has 6 heteroatoms. The summed E-state index contributed by atoms with van der Waals surface area (Å²) in [5.74, 6) is 0.0607. The van der Waals surface area contributed by atoms with Crippen LogP contribution in [0, 0.1) is 5.92 Å². The van der Waals surface area contributed by atoms with Gasteiger partial charge in [0.2, 0.25) is 5.91 Å². The molecule has 1 heterocycles. The number of carbonyl (C=O) groups excluding carboxylic acids is 1. The number of hydrogen-bond acceptors (Lipinski definition) is 3. The molecule has 1 aromatic heterocycles. The first-order valence-electron chi connectivity index (χ1n) is 6.89. The van der Waals surface area contributed by atoms with Crippen LogP contribution in [0.3, 0.4) is 0 Å². The standard InChI is InChI=1S/C15H17ClN4O/c1-15(17,10-6-7-10)14(21)19-12-5-2-4-11(16)13(12)20-9-3-8-18-20/h2-5,8-10H,6-7,17H2,1H3,(H,19,21). The molecule has 5 nitrogen and oxygen atoms in total. The van der Waals surface area contributed by atoms with Crippen molar-refractivity contribution in [3.63, 3.8) is 0 Å². The van der Waals surface area contributed by atoms with Crippen molar-refractivity contribution in [3.05, 3.63) is 41.7 Å². The summed E-state index contributed by atoms with van der Waals surface area (Å²) in [4.78, 5) is 12.4. The average molecular weight is 305 g/mol. The van der Waals surface area contributed by atoms with E-state index in [4.69, 9.17) is 17.3 Å². The third-order valence-corrected chi connectivity index (χ3v) is 4.19. The smallest absolute Gasteiger partial charge is 0.244 e. The van der Waals surface area contributed by atoms with Gasteiger partial charge in [-0.1, -0.05) is 17.7 Å². The van der Waals surface area contributed by atoms with E-state index < -0.39 is 5.54 Å². The van der Waals surface area contributed by atoms with E-state index in [-0.39, 0.29) is 11.8 Å². The maximum atomic E-state index is 12.4. The highest BCUT2D eigenvalue weighted by molar-refractivity contribution is 6.33. The van der Waals surface area contributed by atoms with Crippen molar-refractivity contribution in [2.24, 2.45) is 11.7 Å². The number of nitrogens with one attached hydrogen (secondary N) is 1. The van der Waals surface area contributed by atoms with Crippen LogP contribution in [-0.4, -0.2) is 21.2 Å². The summed E-state index contributed by atoms with van der Waals surface area (Å²) in [6.07, 6.45) is 5.44. The molecule has 1 aromatic carbocycles. The maximum absolute atomic E-state index is 12.4. The molecule has 1 amide bonds. The van der Waals surface area contributed by atoms with Crippen molar-refractivity contribution in [1.82, 2.24) is 9.78 Å². The van der Waals surface area contributed by atoms with E-state index >= 15 is 0 Å². The third-order valence-electron chi connectivity index (χ3n) is 3.88. The number of halogens is 1. The van der Waals surface area contributed by atoms with Crippen LogP contribution in [0.4, 0.5) is 5.69 Å². The highest BCUT2D eigenvalue weighted by Crippen LogP contribution is 2.39. The molecule has 1 atom stereocenters. The van der Waals surface area contributed by atoms with Crippen LogP contribution in [0.25, 0.3) is 5.69 Å². The van der Waals surface area contributed by atoms with Gasteiger partial charge >= 0.3 is 0 Å². The molecule has 3 N–H and O–H groups in total. The fraction of sp³-hybridized carbons (Fsp3) is 0.333. The largest absolute Gasteiger partial charge is 0.323 e. The second kappa shape index (κ2) is 5.16. The lowest BCUT2D eigenvalue weighted by Gasteiger charge is -2.24. The van der Waals surface area contributed by atoms with E-state index in [1.54, 1.807) is 48.3 Å². The van der Waals surface area contributed by atoms with E-state index in [0.29, 0.717) is 16.4 Å². The lowest BCUT2D eigenvalue weighted by Crippen LogP contribution is -2.50. The van der Waals surface area contributed by atoms with Gasteiger partial charge in [0, 0.05) is 12.4 Å². The Kier molecular flexibility index (Phi) is 3.47. The molecule has 0 spiro atoms. The molecule has 0 aliphatic heterocycles. The van der Waals surface area contributed by atoms with Crippen LogP contribution in [0.5, 0.6) is 0 Å². The van der Waals surface area contributed by atoms with Crippen LogP contribution in [-0.2, 0) is 4.79 Å². The molecule has 21 heavy (non-hydrogen) atoms. The molecule has 3 rings (SSSR count). The highest BCUT2D eigenvalue weighted by atomic mass is 35.5. The van der Waals surface area contributed by atoms with Crippen molar-refractivity contribution >= 4 is 23.2 Å². The first-order chi connectivity index (χ1) is 10.00. The molecular weight excluding hydrogens is 288 g/mol. The Balaban J connectivity index is 1.92. The van der Waals surface area contributed by atoms with E-state index in [1.165, 1.54) is 0 Å². The van der Waals surface area contributed by atoms with E-state index in [1.807, 2.05) is 0 Å². The molecular formula is C15H17ClN4O. The number of hydrogen-bond donors (Lipinski definition) is 2. The predicted molar refractivity (Wildman–Crippen MR) is 82.5 cm³/mol. The van der Waals surface area contributed by atoms with Gasteiger partial charge in [-0.25, -0.2) is 4.68 Å². The zero-order chi connectivity index (χ0) is 15.0.